The highest BCUT2D eigenvalue weighted by atomic mass is 32.7. The first-order valence-corrected chi connectivity index (χ1v) is 7.06. The maximum absolute atomic E-state index is 5.55. The van der Waals surface area contributed by atoms with Gasteiger partial charge < -0.3 is 21.7 Å². The van der Waals surface area contributed by atoms with Crippen molar-refractivity contribution in [3.8, 4) is 0 Å². The van der Waals surface area contributed by atoms with Crippen molar-refractivity contribution in [3.05, 3.63) is 0 Å². The quantitative estimate of drug-likeness (QED) is 0.492. The molecule has 6 heteroatoms. The molecule has 2 rings (SSSR count). The Morgan fingerprint density at radius 3 is 2.31 bits per heavy atom. The van der Waals surface area contributed by atoms with Gasteiger partial charge in [0.1, 0.15) is 6.79 Å². The van der Waals surface area contributed by atoms with E-state index in [1.54, 1.807) is 0 Å². The summed E-state index contributed by atoms with van der Waals surface area (Å²) in [5, 5.41) is 0. The van der Waals surface area contributed by atoms with Gasteiger partial charge in [0.05, 0.1) is 26.4 Å². The van der Waals surface area contributed by atoms with E-state index in [2.05, 4.69) is 0 Å². The van der Waals surface area contributed by atoms with Crippen molar-refractivity contribution in [2.45, 2.75) is 12.1 Å². The minimum absolute atomic E-state index is 0.122. The van der Waals surface area contributed by atoms with Crippen LogP contribution in [0.25, 0.3) is 0 Å². The maximum Gasteiger partial charge on any atom is 0.167 e. The SMILES string of the molecule is [S-][P+]1(C2COCOC2)OCCCO1. The van der Waals surface area contributed by atoms with E-state index in [1.807, 2.05) is 0 Å². The van der Waals surface area contributed by atoms with Crippen LogP contribution in [-0.4, -0.2) is 38.9 Å². The topological polar surface area (TPSA) is 36.9 Å². The lowest BCUT2D eigenvalue weighted by atomic mass is 10.5. The standard InChI is InChI=1S/C7H13O4PS/c13-12(10-2-1-3-11-12)7-4-8-6-9-5-7/h7H,1-6H2. The van der Waals surface area contributed by atoms with E-state index in [0.717, 1.165) is 6.42 Å². The highest BCUT2D eigenvalue weighted by Gasteiger charge is 2.42. The van der Waals surface area contributed by atoms with E-state index >= 15 is 0 Å². The Hall–Kier alpha value is 0.620. The van der Waals surface area contributed by atoms with Crippen molar-refractivity contribution < 1.29 is 18.5 Å². The van der Waals surface area contributed by atoms with E-state index in [1.165, 1.54) is 0 Å². The third kappa shape index (κ3) is 2.35. The molecule has 2 aliphatic rings. The lowest BCUT2D eigenvalue weighted by molar-refractivity contribution is -0.0971. The zero-order valence-electron chi connectivity index (χ0n) is 7.31. The maximum atomic E-state index is 5.55. The van der Waals surface area contributed by atoms with E-state index < -0.39 is 6.92 Å². The molecule has 0 amide bonds. The molecule has 0 spiro atoms. The van der Waals surface area contributed by atoms with Crippen LogP contribution in [-0.2, 0) is 30.8 Å². The first-order chi connectivity index (χ1) is 6.31. The summed E-state index contributed by atoms with van der Waals surface area (Å²) in [6.45, 7) is 0.910. The van der Waals surface area contributed by atoms with Gasteiger partial charge in [-0.05, 0) is 0 Å². The average Bonchev–Trinajstić information content (AvgIpc) is 2.20. The molecule has 13 heavy (non-hydrogen) atoms. The Bertz CT molecular complexity index is 168. The number of hydrogen-bond acceptors (Lipinski definition) is 5. The second kappa shape index (κ2) is 4.43. The van der Waals surface area contributed by atoms with Crippen LogP contribution >= 0.6 is 6.92 Å². The molecule has 2 heterocycles. The third-order valence-corrected chi connectivity index (χ3v) is 5.87. The van der Waals surface area contributed by atoms with Crippen molar-refractivity contribution in [3.63, 3.8) is 0 Å². The fourth-order valence-electron chi connectivity index (χ4n) is 1.35. The fourth-order valence-corrected chi connectivity index (χ4v) is 4.00. The summed E-state index contributed by atoms with van der Waals surface area (Å²) >= 11 is 5.38. The zero-order chi connectivity index (χ0) is 9.15. The predicted octanol–water partition coefficient (Wildman–Crippen LogP) is 1.11. The molecule has 0 aromatic carbocycles. The molecule has 0 aliphatic carbocycles. The average molecular weight is 224 g/mol. The van der Waals surface area contributed by atoms with Gasteiger partial charge in [-0.1, -0.05) is 0 Å². The normalized spacial score (nSPS) is 30.2. The first-order valence-electron chi connectivity index (χ1n) is 4.35. The second-order valence-corrected chi connectivity index (χ2v) is 6.93. The minimum atomic E-state index is -2.11. The van der Waals surface area contributed by atoms with Gasteiger partial charge in [0.15, 0.2) is 12.6 Å². The summed E-state index contributed by atoms with van der Waals surface area (Å²) in [6.07, 6.45) is 0.937. The summed E-state index contributed by atoms with van der Waals surface area (Å²) in [5.74, 6) is 0. The van der Waals surface area contributed by atoms with Crippen LogP contribution < -0.4 is 0 Å². The lowest BCUT2D eigenvalue weighted by Gasteiger charge is -2.39. The van der Waals surface area contributed by atoms with Crippen LogP contribution in [0.3, 0.4) is 0 Å². The van der Waals surface area contributed by atoms with Crippen molar-refractivity contribution in [2.75, 3.05) is 33.2 Å². The van der Waals surface area contributed by atoms with Crippen LogP contribution in [0.1, 0.15) is 6.42 Å². The fraction of sp³-hybridized carbons (Fsp3) is 1.00. The molecule has 0 aromatic rings. The van der Waals surface area contributed by atoms with Gasteiger partial charge in [0, 0.05) is 6.42 Å². The van der Waals surface area contributed by atoms with Crippen LogP contribution in [0.2, 0.25) is 0 Å². The molecule has 0 aromatic heterocycles. The second-order valence-electron chi connectivity index (χ2n) is 3.07. The molecule has 76 valence electrons. The van der Waals surface area contributed by atoms with E-state index in [-0.39, 0.29) is 5.66 Å². The van der Waals surface area contributed by atoms with Gasteiger partial charge in [-0.15, -0.1) is 0 Å². The molecule has 0 radical (unpaired) electrons. The molecule has 2 saturated heterocycles. The molecular formula is C7H13O4PS. The molecule has 0 unspecified atom stereocenters. The van der Waals surface area contributed by atoms with Crippen LogP contribution in [0.4, 0.5) is 0 Å². The number of hydrogen-bond donors (Lipinski definition) is 0. The van der Waals surface area contributed by atoms with Crippen LogP contribution in [0.5, 0.6) is 0 Å². The number of rotatable bonds is 1. The Labute approximate surface area is 83.5 Å². The Morgan fingerprint density at radius 1 is 1.08 bits per heavy atom. The molecule has 4 nitrogen and oxygen atoms in total. The van der Waals surface area contributed by atoms with Crippen LogP contribution in [0, 0.1) is 0 Å². The lowest BCUT2D eigenvalue weighted by Crippen LogP contribution is -2.34. The Morgan fingerprint density at radius 2 is 1.69 bits per heavy atom. The first kappa shape index (κ1) is 10.1. The van der Waals surface area contributed by atoms with Crippen LogP contribution in [0.15, 0.2) is 0 Å². The highest BCUT2D eigenvalue weighted by Crippen LogP contribution is 2.65. The van der Waals surface area contributed by atoms with Crippen molar-refractivity contribution in [2.24, 2.45) is 0 Å². The zero-order valence-corrected chi connectivity index (χ0v) is 9.02. The van der Waals surface area contributed by atoms with E-state index in [9.17, 15) is 0 Å². The molecule has 0 bridgehead atoms. The number of ether oxygens (including phenoxy) is 2. The Balaban J connectivity index is 1.94. The molecule has 2 fully saturated rings. The van der Waals surface area contributed by atoms with E-state index in [4.69, 9.17) is 30.8 Å². The van der Waals surface area contributed by atoms with E-state index in [0.29, 0.717) is 33.2 Å². The summed E-state index contributed by atoms with van der Waals surface area (Å²) in [7, 11) is 0. The summed E-state index contributed by atoms with van der Waals surface area (Å²) < 4.78 is 21.5. The van der Waals surface area contributed by atoms with Gasteiger partial charge >= 0.3 is 0 Å². The monoisotopic (exact) mass is 224 g/mol. The van der Waals surface area contributed by atoms with Gasteiger partial charge in [-0.2, -0.15) is 0 Å². The molecule has 0 N–H and O–H groups in total. The predicted molar refractivity (Wildman–Crippen MR) is 51.4 cm³/mol. The highest BCUT2D eigenvalue weighted by molar-refractivity contribution is 8.38. The summed E-state index contributed by atoms with van der Waals surface area (Å²) in [5.41, 5.74) is 0.122. The van der Waals surface area contributed by atoms with Gasteiger partial charge in [-0.25, -0.2) is 9.05 Å². The van der Waals surface area contributed by atoms with Gasteiger partial charge in [0.2, 0.25) is 0 Å². The van der Waals surface area contributed by atoms with Crippen molar-refractivity contribution in [1.82, 2.24) is 0 Å². The van der Waals surface area contributed by atoms with Crippen molar-refractivity contribution in [1.29, 1.82) is 0 Å². The van der Waals surface area contributed by atoms with Crippen molar-refractivity contribution >= 4 is 19.2 Å². The third-order valence-electron chi connectivity index (χ3n) is 2.07. The molecule has 0 atom stereocenters. The molecule has 0 saturated carbocycles. The smallest absolute Gasteiger partial charge is 0.167 e. The minimum Gasteiger partial charge on any atom is -0.492 e. The van der Waals surface area contributed by atoms with Gasteiger partial charge in [0.25, 0.3) is 0 Å². The molecule has 2 aliphatic heterocycles. The molecular weight excluding hydrogens is 211 g/mol. The Kier molecular flexibility index (Phi) is 3.46. The van der Waals surface area contributed by atoms with Gasteiger partial charge in [-0.3, -0.25) is 0 Å². The summed E-state index contributed by atoms with van der Waals surface area (Å²) in [6, 6.07) is 0. The largest absolute Gasteiger partial charge is 0.492 e. The summed E-state index contributed by atoms with van der Waals surface area (Å²) in [4.78, 5) is 0.